The van der Waals surface area contributed by atoms with Crippen LogP contribution in [0.4, 0.5) is 4.39 Å². The monoisotopic (exact) mass is 440 g/mol. The third kappa shape index (κ3) is 6.92. The van der Waals surface area contributed by atoms with Crippen molar-refractivity contribution in [3.63, 3.8) is 0 Å². The lowest BCUT2D eigenvalue weighted by Gasteiger charge is -2.22. The van der Waals surface area contributed by atoms with Crippen molar-refractivity contribution in [2.45, 2.75) is 50.5 Å². The summed E-state index contributed by atoms with van der Waals surface area (Å²) in [4.78, 5) is 4.63. The maximum Gasteiger partial charge on any atom is 0.213 e. The van der Waals surface area contributed by atoms with Gasteiger partial charge in [0.05, 0.1) is 18.4 Å². The van der Waals surface area contributed by atoms with Gasteiger partial charge in [-0.15, -0.1) is 0 Å². The first-order chi connectivity index (χ1) is 14.4. The first-order valence-electron chi connectivity index (χ1n) is 10.8. The molecule has 3 N–H and O–H groups in total. The first-order valence-corrected chi connectivity index (χ1v) is 12.4. The minimum Gasteiger partial charge on any atom is -0.377 e. The van der Waals surface area contributed by atoms with E-state index in [1.807, 2.05) is 13.0 Å². The number of hydrogen-bond acceptors (Lipinski definition) is 4. The Balaban J connectivity index is 1.48. The summed E-state index contributed by atoms with van der Waals surface area (Å²) in [6, 6.07) is 6.70. The Morgan fingerprint density at radius 1 is 1.30 bits per heavy atom. The largest absolute Gasteiger partial charge is 0.377 e. The van der Waals surface area contributed by atoms with E-state index in [-0.39, 0.29) is 29.6 Å². The zero-order valence-corrected chi connectivity index (χ0v) is 18.4. The van der Waals surface area contributed by atoms with Crippen LogP contribution in [0.1, 0.15) is 44.6 Å². The number of guanidine groups is 1. The third-order valence-corrected chi connectivity index (χ3v) is 6.99. The lowest BCUT2D eigenvalue weighted by Crippen LogP contribution is -2.43. The van der Waals surface area contributed by atoms with Crippen LogP contribution >= 0.6 is 0 Å². The molecule has 1 saturated carbocycles. The number of sulfonamides is 1. The quantitative estimate of drug-likeness (QED) is 0.382. The smallest absolute Gasteiger partial charge is 0.213 e. The number of aliphatic imine (C=N–C) groups is 1. The van der Waals surface area contributed by atoms with Crippen LogP contribution in [0.5, 0.6) is 0 Å². The van der Waals surface area contributed by atoms with Gasteiger partial charge in [-0.25, -0.2) is 17.5 Å². The molecule has 0 bridgehead atoms. The number of hydrogen-bond donors (Lipinski definition) is 3. The Kier molecular flexibility index (Phi) is 8.07. The second kappa shape index (κ2) is 10.5. The van der Waals surface area contributed by atoms with Crippen LogP contribution in [0.2, 0.25) is 0 Å². The molecule has 2 fully saturated rings. The molecule has 1 atom stereocenters. The molecule has 0 amide bonds. The predicted molar refractivity (Wildman–Crippen MR) is 117 cm³/mol. The highest BCUT2D eigenvalue weighted by Crippen LogP contribution is 2.48. The summed E-state index contributed by atoms with van der Waals surface area (Å²) in [5.41, 5.74) is 0.858. The summed E-state index contributed by atoms with van der Waals surface area (Å²) >= 11 is 0. The minimum atomic E-state index is -3.39. The maximum atomic E-state index is 13.6. The van der Waals surface area contributed by atoms with E-state index < -0.39 is 10.0 Å². The highest BCUT2D eigenvalue weighted by molar-refractivity contribution is 7.89. The normalized spacial score (nSPS) is 21.3. The molecule has 0 spiro atoms. The van der Waals surface area contributed by atoms with Crippen molar-refractivity contribution in [1.29, 1.82) is 0 Å². The number of halogens is 1. The molecule has 1 aliphatic carbocycles. The average molecular weight is 441 g/mol. The fraction of sp³-hybridized carbons (Fsp3) is 0.667. The zero-order valence-electron chi connectivity index (χ0n) is 17.6. The van der Waals surface area contributed by atoms with Gasteiger partial charge in [-0.1, -0.05) is 12.1 Å². The second-order valence-corrected chi connectivity index (χ2v) is 9.99. The maximum absolute atomic E-state index is 13.6. The number of nitrogens with one attached hydrogen (secondary N) is 3. The number of benzene rings is 1. The molecular formula is C21H33FN4O3S. The van der Waals surface area contributed by atoms with Gasteiger partial charge in [-0.2, -0.15) is 0 Å². The van der Waals surface area contributed by atoms with Crippen LogP contribution in [0.3, 0.4) is 0 Å². The van der Waals surface area contributed by atoms with Crippen molar-refractivity contribution >= 4 is 16.0 Å². The molecule has 1 aromatic rings. The Hall–Kier alpha value is -1.71. The molecule has 1 aromatic carbocycles. The molecule has 0 aromatic heterocycles. The van der Waals surface area contributed by atoms with Gasteiger partial charge in [0.2, 0.25) is 10.0 Å². The Morgan fingerprint density at radius 3 is 2.80 bits per heavy atom. The zero-order chi connectivity index (χ0) is 21.5. The molecule has 0 radical (unpaired) electrons. The van der Waals surface area contributed by atoms with Crippen molar-refractivity contribution in [2.24, 2.45) is 4.99 Å². The van der Waals surface area contributed by atoms with Crippen LogP contribution in [-0.4, -0.2) is 59.0 Å². The Labute approximate surface area is 178 Å². The fourth-order valence-electron chi connectivity index (χ4n) is 3.64. The summed E-state index contributed by atoms with van der Waals surface area (Å²) in [5.74, 6) is 0.300. The summed E-state index contributed by atoms with van der Waals surface area (Å²) in [7, 11) is -3.39. The number of nitrogens with zero attached hydrogens (tertiary/aromatic N) is 1. The van der Waals surface area contributed by atoms with Crippen molar-refractivity contribution in [1.82, 2.24) is 15.4 Å². The first kappa shape index (κ1) is 23.0. The third-order valence-electron chi connectivity index (χ3n) is 5.64. The van der Waals surface area contributed by atoms with Crippen LogP contribution < -0.4 is 15.4 Å². The highest BCUT2D eigenvalue weighted by atomic mass is 32.2. The molecule has 7 nitrogen and oxygen atoms in total. The lowest BCUT2D eigenvalue weighted by molar-refractivity contribution is 0.0200. The predicted octanol–water partition coefficient (Wildman–Crippen LogP) is 1.90. The highest BCUT2D eigenvalue weighted by Gasteiger charge is 2.44. The van der Waals surface area contributed by atoms with E-state index in [2.05, 4.69) is 20.3 Å². The second-order valence-electron chi connectivity index (χ2n) is 8.07. The molecule has 9 heteroatoms. The van der Waals surface area contributed by atoms with Gasteiger partial charge in [0, 0.05) is 31.7 Å². The number of rotatable bonds is 10. The summed E-state index contributed by atoms with van der Waals surface area (Å²) in [6.45, 7) is 4.44. The molecule has 1 aliphatic heterocycles. The summed E-state index contributed by atoms with van der Waals surface area (Å²) < 4.78 is 46.3. The van der Waals surface area contributed by atoms with Gasteiger partial charge in [0.15, 0.2) is 5.96 Å². The van der Waals surface area contributed by atoms with E-state index in [1.54, 1.807) is 12.1 Å². The van der Waals surface area contributed by atoms with E-state index in [0.717, 1.165) is 37.7 Å². The average Bonchev–Trinajstić information content (AvgIpc) is 3.53. The van der Waals surface area contributed by atoms with E-state index in [4.69, 9.17) is 4.74 Å². The van der Waals surface area contributed by atoms with Crippen LogP contribution in [0.25, 0.3) is 0 Å². The molecular weight excluding hydrogens is 407 g/mol. The summed E-state index contributed by atoms with van der Waals surface area (Å²) in [5, 5.41) is 6.24. The molecule has 3 rings (SSSR count). The lowest BCUT2D eigenvalue weighted by atomic mass is 9.96. The van der Waals surface area contributed by atoms with Gasteiger partial charge in [-0.3, -0.25) is 4.99 Å². The SMILES string of the molecule is CCNC(=NCC1(c2cccc(F)c2)CC1)NCCS(=O)(=O)NCC1CCCCO1. The van der Waals surface area contributed by atoms with Crippen molar-refractivity contribution in [3.05, 3.63) is 35.6 Å². The van der Waals surface area contributed by atoms with E-state index in [1.165, 1.54) is 6.07 Å². The molecule has 168 valence electrons. The van der Waals surface area contributed by atoms with Crippen LogP contribution in [0, 0.1) is 5.82 Å². The van der Waals surface area contributed by atoms with E-state index in [0.29, 0.717) is 32.2 Å². The van der Waals surface area contributed by atoms with Crippen LogP contribution in [0.15, 0.2) is 29.3 Å². The van der Waals surface area contributed by atoms with E-state index in [9.17, 15) is 12.8 Å². The van der Waals surface area contributed by atoms with Crippen LogP contribution in [-0.2, 0) is 20.2 Å². The summed E-state index contributed by atoms with van der Waals surface area (Å²) in [6.07, 6.45) is 4.93. The molecule has 1 saturated heterocycles. The van der Waals surface area contributed by atoms with Gasteiger partial charge < -0.3 is 15.4 Å². The molecule has 2 aliphatic rings. The molecule has 1 unspecified atom stereocenters. The standard InChI is InChI=1S/C21H33FN4O3S/c1-2-23-20(25-16-21(9-10-21)17-6-5-7-18(22)14-17)24-11-13-30(27,28)26-15-19-8-3-4-12-29-19/h5-7,14,19,26H,2-4,8-13,15-16H2,1H3,(H2,23,24,25). The van der Waals surface area contributed by atoms with Gasteiger partial charge >= 0.3 is 0 Å². The van der Waals surface area contributed by atoms with Crippen molar-refractivity contribution < 1.29 is 17.5 Å². The van der Waals surface area contributed by atoms with Crippen molar-refractivity contribution in [3.8, 4) is 0 Å². The Morgan fingerprint density at radius 2 is 2.13 bits per heavy atom. The molecule has 1 heterocycles. The minimum absolute atomic E-state index is 0.0297. The topological polar surface area (TPSA) is 91.8 Å². The molecule has 30 heavy (non-hydrogen) atoms. The van der Waals surface area contributed by atoms with Gasteiger partial charge in [0.25, 0.3) is 0 Å². The number of ether oxygens (including phenoxy) is 1. The Bertz CT molecular complexity index is 821. The van der Waals surface area contributed by atoms with Gasteiger partial charge in [-0.05, 0) is 56.7 Å². The fourth-order valence-corrected chi connectivity index (χ4v) is 4.60. The van der Waals surface area contributed by atoms with E-state index >= 15 is 0 Å². The van der Waals surface area contributed by atoms with Gasteiger partial charge in [0.1, 0.15) is 5.82 Å². The van der Waals surface area contributed by atoms with Crippen molar-refractivity contribution in [2.75, 3.05) is 38.5 Å².